The first-order chi connectivity index (χ1) is 16.6. The van der Waals surface area contributed by atoms with E-state index in [1.54, 1.807) is 0 Å². The minimum absolute atomic E-state index is 0.0951. The Bertz CT molecular complexity index is 1140. The summed E-state index contributed by atoms with van der Waals surface area (Å²) < 4.78 is 5.44. The number of ether oxygens (including phenoxy) is 1. The van der Waals surface area contributed by atoms with Gasteiger partial charge in [0, 0.05) is 23.6 Å². The number of aromatic nitrogens is 1. The SMILES string of the molecule is CCCCN(C(=O)OCc1ccccc1)[C@@H]1NC(=O)[C@H](CCc2c[nH]c3ccccc23)NC1=O. The number of piperazine rings is 1. The molecule has 1 aromatic heterocycles. The lowest BCUT2D eigenvalue weighted by atomic mass is 10.0. The summed E-state index contributed by atoms with van der Waals surface area (Å²) in [5, 5.41) is 6.65. The lowest BCUT2D eigenvalue weighted by Gasteiger charge is -2.36. The maximum Gasteiger partial charge on any atom is 0.412 e. The van der Waals surface area contributed by atoms with E-state index in [2.05, 4.69) is 15.6 Å². The molecule has 1 saturated heterocycles. The second kappa shape index (κ2) is 10.9. The zero-order valence-electron chi connectivity index (χ0n) is 19.3. The summed E-state index contributed by atoms with van der Waals surface area (Å²) in [7, 11) is 0. The minimum atomic E-state index is -1.09. The van der Waals surface area contributed by atoms with Crippen LogP contribution in [0.2, 0.25) is 0 Å². The predicted molar refractivity (Wildman–Crippen MR) is 129 cm³/mol. The van der Waals surface area contributed by atoms with Crippen LogP contribution in [0.15, 0.2) is 60.8 Å². The van der Waals surface area contributed by atoms with E-state index in [0.29, 0.717) is 25.8 Å². The molecule has 3 N–H and O–H groups in total. The van der Waals surface area contributed by atoms with Crippen LogP contribution in [0.3, 0.4) is 0 Å². The van der Waals surface area contributed by atoms with Crippen LogP contribution in [0.5, 0.6) is 0 Å². The number of carbonyl (C=O) groups is 3. The number of unbranched alkanes of at least 4 members (excludes halogenated alkanes) is 1. The second-order valence-electron chi connectivity index (χ2n) is 8.46. The van der Waals surface area contributed by atoms with Crippen LogP contribution in [-0.2, 0) is 27.4 Å². The van der Waals surface area contributed by atoms with E-state index in [9.17, 15) is 14.4 Å². The van der Waals surface area contributed by atoms with Crippen LogP contribution in [0.4, 0.5) is 4.79 Å². The standard InChI is InChI=1S/C26H30N4O4/c1-2-3-15-30(26(33)34-17-18-9-5-4-6-10-18)23-25(32)28-22(24(31)29-23)14-13-19-16-27-21-12-8-7-11-20(19)21/h4-12,16,22-23,27H,2-3,13-15,17H2,1H3,(H,28,32)(H,29,31)/t22-,23-/m0/s1. The summed E-state index contributed by atoms with van der Waals surface area (Å²) in [6.07, 6.45) is 2.82. The normalized spacial score (nSPS) is 17.8. The molecular weight excluding hydrogens is 432 g/mol. The highest BCUT2D eigenvalue weighted by Gasteiger charge is 2.39. The van der Waals surface area contributed by atoms with Crippen LogP contribution >= 0.6 is 0 Å². The smallest absolute Gasteiger partial charge is 0.412 e. The molecule has 8 heteroatoms. The van der Waals surface area contributed by atoms with Crippen molar-refractivity contribution in [3.05, 3.63) is 71.9 Å². The van der Waals surface area contributed by atoms with Crippen molar-refractivity contribution in [2.45, 2.75) is 51.4 Å². The van der Waals surface area contributed by atoms with Gasteiger partial charge < -0.3 is 20.4 Å². The Labute approximate surface area is 198 Å². The van der Waals surface area contributed by atoms with Gasteiger partial charge in [-0.15, -0.1) is 0 Å². The Morgan fingerprint density at radius 1 is 1.00 bits per heavy atom. The van der Waals surface area contributed by atoms with Crippen molar-refractivity contribution in [1.82, 2.24) is 20.5 Å². The topological polar surface area (TPSA) is 104 Å². The zero-order chi connectivity index (χ0) is 23.9. The minimum Gasteiger partial charge on any atom is -0.444 e. The number of aromatic amines is 1. The van der Waals surface area contributed by atoms with E-state index < -0.39 is 24.2 Å². The molecule has 0 radical (unpaired) electrons. The fourth-order valence-electron chi connectivity index (χ4n) is 4.13. The number of amides is 3. The molecule has 4 rings (SSSR count). The van der Waals surface area contributed by atoms with E-state index in [4.69, 9.17) is 4.74 Å². The third-order valence-electron chi connectivity index (χ3n) is 6.04. The van der Waals surface area contributed by atoms with E-state index in [0.717, 1.165) is 28.5 Å². The summed E-state index contributed by atoms with van der Waals surface area (Å²) >= 11 is 0. The first-order valence-corrected chi connectivity index (χ1v) is 11.7. The summed E-state index contributed by atoms with van der Waals surface area (Å²) in [6.45, 7) is 2.40. The molecule has 2 heterocycles. The van der Waals surface area contributed by atoms with Gasteiger partial charge in [0.1, 0.15) is 12.6 Å². The molecule has 1 fully saturated rings. The van der Waals surface area contributed by atoms with Crippen LogP contribution in [-0.4, -0.2) is 46.5 Å². The third kappa shape index (κ3) is 5.39. The summed E-state index contributed by atoms with van der Waals surface area (Å²) in [4.78, 5) is 43.1. The van der Waals surface area contributed by atoms with Gasteiger partial charge in [-0.05, 0) is 36.5 Å². The van der Waals surface area contributed by atoms with E-state index in [-0.39, 0.29) is 12.5 Å². The van der Waals surface area contributed by atoms with E-state index >= 15 is 0 Å². The number of benzene rings is 2. The van der Waals surface area contributed by atoms with Crippen molar-refractivity contribution in [1.29, 1.82) is 0 Å². The largest absolute Gasteiger partial charge is 0.444 e. The number of carbonyl (C=O) groups excluding carboxylic acids is 3. The maximum atomic E-state index is 12.9. The quantitative estimate of drug-likeness (QED) is 0.453. The molecule has 8 nitrogen and oxygen atoms in total. The van der Waals surface area contributed by atoms with Gasteiger partial charge in [0.05, 0.1) is 0 Å². The molecule has 2 atom stereocenters. The summed E-state index contributed by atoms with van der Waals surface area (Å²) in [6, 6.07) is 16.6. The molecule has 0 unspecified atom stereocenters. The number of fused-ring (bicyclic) bond motifs is 1. The number of nitrogens with zero attached hydrogens (tertiary/aromatic N) is 1. The summed E-state index contributed by atoms with van der Waals surface area (Å²) in [5.41, 5.74) is 2.98. The highest BCUT2D eigenvalue weighted by atomic mass is 16.6. The number of aryl methyl sites for hydroxylation is 1. The Morgan fingerprint density at radius 2 is 1.76 bits per heavy atom. The van der Waals surface area contributed by atoms with Gasteiger partial charge in [0.2, 0.25) is 5.91 Å². The lowest BCUT2D eigenvalue weighted by molar-refractivity contribution is -0.141. The van der Waals surface area contributed by atoms with Gasteiger partial charge in [-0.1, -0.05) is 61.9 Å². The van der Waals surface area contributed by atoms with Crippen molar-refractivity contribution in [2.75, 3.05) is 6.54 Å². The Kier molecular flexibility index (Phi) is 7.47. The zero-order valence-corrected chi connectivity index (χ0v) is 19.3. The second-order valence-corrected chi connectivity index (χ2v) is 8.46. The molecule has 34 heavy (non-hydrogen) atoms. The molecule has 1 aliphatic heterocycles. The number of hydrogen-bond acceptors (Lipinski definition) is 4. The van der Waals surface area contributed by atoms with Crippen molar-refractivity contribution < 1.29 is 19.1 Å². The Hall–Kier alpha value is -3.81. The highest BCUT2D eigenvalue weighted by molar-refractivity contribution is 5.98. The Morgan fingerprint density at radius 3 is 2.56 bits per heavy atom. The highest BCUT2D eigenvalue weighted by Crippen LogP contribution is 2.20. The van der Waals surface area contributed by atoms with Crippen LogP contribution in [0.25, 0.3) is 10.9 Å². The van der Waals surface area contributed by atoms with Gasteiger partial charge in [0.15, 0.2) is 6.17 Å². The number of rotatable bonds is 9. The monoisotopic (exact) mass is 462 g/mol. The summed E-state index contributed by atoms with van der Waals surface area (Å²) in [5.74, 6) is -0.710. The van der Waals surface area contributed by atoms with Gasteiger partial charge in [-0.3, -0.25) is 14.5 Å². The van der Waals surface area contributed by atoms with E-state index in [1.807, 2.05) is 67.7 Å². The van der Waals surface area contributed by atoms with Crippen LogP contribution in [0.1, 0.15) is 37.3 Å². The average molecular weight is 463 g/mol. The molecule has 0 aliphatic carbocycles. The molecule has 3 aromatic rings. The molecule has 1 aliphatic rings. The molecule has 0 spiro atoms. The number of para-hydroxylation sites is 1. The van der Waals surface area contributed by atoms with Gasteiger partial charge in [0.25, 0.3) is 5.91 Å². The van der Waals surface area contributed by atoms with Crippen LogP contribution < -0.4 is 10.6 Å². The molecule has 0 bridgehead atoms. The fraction of sp³-hybridized carbons (Fsp3) is 0.346. The molecule has 3 amide bonds. The van der Waals surface area contributed by atoms with Gasteiger partial charge >= 0.3 is 6.09 Å². The van der Waals surface area contributed by atoms with Gasteiger partial charge in [-0.2, -0.15) is 0 Å². The molecule has 178 valence electrons. The number of hydrogen-bond donors (Lipinski definition) is 3. The number of nitrogens with one attached hydrogen (secondary N) is 3. The number of H-pyrrole nitrogens is 1. The van der Waals surface area contributed by atoms with Crippen molar-refractivity contribution in [3.63, 3.8) is 0 Å². The first kappa shape index (κ1) is 23.4. The molecular formula is C26H30N4O4. The average Bonchev–Trinajstić information content (AvgIpc) is 3.27. The fourth-order valence-corrected chi connectivity index (χ4v) is 4.13. The molecule has 2 aromatic carbocycles. The lowest BCUT2D eigenvalue weighted by Crippen LogP contribution is -2.67. The van der Waals surface area contributed by atoms with Crippen molar-refractivity contribution in [3.8, 4) is 0 Å². The van der Waals surface area contributed by atoms with E-state index in [1.165, 1.54) is 4.90 Å². The van der Waals surface area contributed by atoms with Crippen LogP contribution in [0, 0.1) is 0 Å². The third-order valence-corrected chi connectivity index (χ3v) is 6.04. The predicted octanol–water partition coefficient (Wildman–Crippen LogP) is 3.48. The maximum absolute atomic E-state index is 12.9. The van der Waals surface area contributed by atoms with Crippen molar-refractivity contribution in [2.24, 2.45) is 0 Å². The Balaban J connectivity index is 1.38. The van der Waals surface area contributed by atoms with Crippen molar-refractivity contribution >= 4 is 28.8 Å². The van der Waals surface area contributed by atoms with Gasteiger partial charge in [-0.25, -0.2) is 4.79 Å². The molecule has 0 saturated carbocycles. The first-order valence-electron chi connectivity index (χ1n) is 11.7.